The lowest BCUT2D eigenvalue weighted by Gasteiger charge is -2.28. The molecule has 2 rings (SSSR count). The maximum absolute atomic E-state index is 11.9. The Labute approximate surface area is 136 Å². The quantitative estimate of drug-likeness (QED) is 0.592. The molecule has 0 spiro atoms. The minimum absolute atomic E-state index is 0.00490. The predicted molar refractivity (Wildman–Crippen MR) is 90.4 cm³/mol. The van der Waals surface area contributed by atoms with Gasteiger partial charge >= 0.3 is 0 Å². The zero-order chi connectivity index (χ0) is 17.1. The molecule has 23 heavy (non-hydrogen) atoms. The van der Waals surface area contributed by atoms with E-state index in [-0.39, 0.29) is 17.4 Å². The van der Waals surface area contributed by atoms with Crippen LogP contribution in [0.4, 0.5) is 0 Å². The fourth-order valence-electron chi connectivity index (χ4n) is 2.29. The van der Waals surface area contributed by atoms with Crippen molar-refractivity contribution in [2.45, 2.75) is 32.6 Å². The molecule has 1 amide bonds. The molecule has 0 heterocycles. The molecule has 1 atom stereocenters. The van der Waals surface area contributed by atoms with Crippen molar-refractivity contribution >= 4 is 12.1 Å². The summed E-state index contributed by atoms with van der Waals surface area (Å²) in [6.07, 6.45) is 9.86. The summed E-state index contributed by atoms with van der Waals surface area (Å²) in [6, 6.07) is 4.47. The smallest absolute Gasteiger partial charge is 0.245 e. The lowest BCUT2D eigenvalue weighted by molar-refractivity contribution is -0.128. The Morgan fingerprint density at radius 1 is 1.30 bits per heavy atom. The van der Waals surface area contributed by atoms with Gasteiger partial charge in [0.1, 0.15) is 11.5 Å². The van der Waals surface area contributed by atoms with Gasteiger partial charge in [0.2, 0.25) is 5.91 Å². The second-order valence-electron chi connectivity index (χ2n) is 6.68. The Kier molecular flexibility index (Phi) is 4.59. The molecule has 1 aliphatic carbocycles. The first-order chi connectivity index (χ1) is 10.7. The van der Waals surface area contributed by atoms with Gasteiger partial charge in [0.05, 0.1) is 5.41 Å². The Hall–Kier alpha value is -2.56. The van der Waals surface area contributed by atoms with Gasteiger partial charge in [-0.2, -0.15) is 5.10 Å². The summed E-state index contributed by atoms with van der Waals surface area (Å²) in [7, 11) is 0. The number of benzene rings is 1. The molecule has 5 heteroatoms. The van der Waals surface area contributed by atoms with E-state index in [1.807, 2.05) is 45.1 Å². The molecular formula is C18H22N2O3. The number of phenolic OH excluding ortho intramolecular Hbond substituents is 2. The van der Waals surface area contributed by atoms with Crippen LogP contribution in [0.1, 0.15) is 32.8 Å². The van der Waals surface area contributed by atoms with E-state index < -0.39 is 10.8 Å². The number of amides is 1. The van der Waals surface area contributed by atoms with Gasteiger partial charge in [0, 0.05) is 23.3 Å². The van der Waals surface area contributed by atoms with Crippen molar-refractivity contribution in [3.05, 3.63) is 48.1 Å². The first-order valence-corrected chi connectivity index (χ1v) is 7.46. The van der Waals surface area contributed by atoms with Crippen LogP contribution in [0.2, 0.25) is 0 Å². The molecule has 0 aliphatic heterocycles. The van der Waals surface area contributed by atoms with Crippen molar-refractivity contribution < 1.29 is 15.0 Å². The zero-order valence-corrected chi connectivity index (χ0v) is 13.6. The minimum Gasteiger partial charge on any atom is -0.508 e. The molecule has 1 aromatic carbocycles. The van der Waals surface area contributed by atoms with Gasteiger partial charge in [-0.25, -0.2) is 5.43 Å². The molecule has 1 unspecified atom stereocenters. The van der Waals surface area contributed by atoms with Crippen LogP contribution in [0.5, 0.6) is 11.5 Å². The molecule has 0 fully saturated rings. The van der Waals surface area contributed by atoms with Crippen molar-refractivity contribution in [1.29, 1.82) is 0 Å². The molecule has 0 saturated carbocycles. The lowest BCUT2D eigenvalue weighted by Crippen LogP contribution is -2.33. The highest BCUT2D eigenvalue weighted by Crippen LogP contribution is 2.38. The first-order valence-electron chi connectivity index (χ1n) is 7.46. The third-order valence-corrected chi connectivity index (χ3v) is 3.72. The number of rotatable bonds is 3. The van der Waals surface area contributed by atoms with Crippen molar-refractivity contribution in [3.8, 4) is 11.5 Å². The summed E-state index contributed by atoms with van der Waals surface area (Å²) in [6.45, 7) is 5.42. The average molecular weight is 314 g/mol. The molecule has 5 nitrogen and oxygen atoms in total. The van der Waals surface area contributed by atoms with Crippen molar-refractivity contribution in [2.24, 2.45) is 10.5 Å². The van der Waals surface area contributed by atoms with E-state index in [1.165, 1.54) is 12.1 Å². The molecule has 0 saturated heterocycles. The Morgan fingerprint density at radius 2 is 2.04 bits per heavy atom. The van der Waals surface area contributed by atoms with Crippen LogP contribution >= 0.6 is 0 Å². The van der Waals surface area contributed by atoms with E-state index in [2.05, 4.69) is 10.5 Å². The van der Waals surface area contributed by atoms with Crippen LogP contribution in [0.25, 0.3) is 0 Å². The third-order valence-electron chi connectivity index (χ3n) is 3.72. The molecule has 1 aromatic rings. The monoisotopic (exact) mass is 314 g/mol. The van der Waals surface area contributed by atoms with Gasteiger partial charge in [-0.15, -0.1) is 0 Å². The average Bonchev–Trinajstić information content (AvgIpc) is 2.47. The number of carbonyl (C=O) groups excluding carboxylic acids is 1. The normalized spacial score (nSPS) is 20.8. The lowest BCUT2D eigenvalue weighted by atomic mass is 9.76. The highest BCUT2D eigenvalue weighted by molar-refractivity contribution is 5.84. The van der Waals surface area contributed by atoms with E-state index >= 15 is 0 Å². The van der Waals surface area contributed by atoms with E-state index in [0.717, 1.165) is 0 Å². The van der Waals surface area contributed by atoms with Gasteiger partial charge < -0.3 is 10.2 Å². The van der Waals surface area contributed by atoms with E-state index in [9.17, 15) is 15.0 Å². The molecular weight excluding hydrogens is 292 g/mol. The number of hydrazone groups is 1. The van der Waals surface area contributed by atoms with Crippen molar-refractivity contribution in [3.63, 3.8) is 0 Å². The summed E-state index contributed by atoms with van der Waals surface area (Å²) in [4.78, 5) is 11.9. The number of phenols is 2. The Bertz CT molecular complexity index is 684. The second-order valence-corrected chi connectivity index (χ2v) is 6.68. The second kappa shape index (κ2) is 6.28. The van der Waals surface area contributed by atoms with Crippen LogP contribution < -0.4 is 5.43 Å². The SMILES string of the molecule is CC(C)(C)C(=O)NN=CC1(c2ccc(O)cc2O)C=CC=CC1. The maximum atomic E-state index is 11.9. The van der Waals surface area contributed by atoms with Gasteiger partial charge in [0.25, 0.3) is 0 Å². The van der Waals surface area contributed by atoms with Crippen molar-refractivity contribution in [1.82, 2.24) is 5.43 Å². The topological polar surface area (TPSA) is 81.9 Å². The summed E-state index contributed by atoms with van der Waals surface area (Å²) in [5, 5.41) is 23.7. The molecule has 0 radical (unpaired) electrons. The van der Waals surface area contributed by atoms with Gasteiger partial charge in [-0.1, -0.05) is 51.1 Å². The predicted octanol–water partition coefficient (Wildman–Crippen LogP) is 3.00. The number of nitrogens with one attached hydrogen (secondary N) is 1. The number of hydrogen-bond acceptors (Lipinski definition) is 4. The van der Waals surface area contributed by atoms with Crippen LogP contribution in [-0.4, -0.2) is 22.3 Å². The number of allylic oxidation sites excluding steroid dienone is 4. The van der Waals surface area contributed by atoms with E-state index in [0.29, 0.717) is 12.0 Å². The van der Waals surface area contributed by atoms with Gasteiger partial charge in [-0.3, -0.25) is 4.79 Å². The highest BCUT2D eigenvalue weighted by Gasteiger charge is 2.31. The number of nitrogens with zero attached hydrogens (tertiary/aromatic N) is 1. The van der Waals surface area contributed by atoms with E-state index in [1.54, 1.807) is 12.3 Å². The van der Waals surface area contributed by atoms with E-state index in [4.69, 9.17) is 0 Å². The fraction of sp³-hybridized carbons (Fsp3) is 0.333. The summed E-state index contributed by atoms with van der Waals surface area (Å²) >= 11 is 0. The summed E-state index contributed by atoms with van der Waals surface area (Å²) in [5.41, 5.74) is 1.95. The zero-order valence-electron chi connectivity index (χ0n) is 13.6. The van der Waals surface area contributed by atoms with Crippen LogP contribution in [0.15, 0.2) is 47.6 Å². The van der Waals surface area contributed by atoms with Crippen LogP contribution in [0.3, 0.4) is 0 Å². The Balaban J connectivity index is 2.32. The first kappa shape index (κ1) is 16.8. The van der Waals surface area contributed by atoms with Crippen LogP contribution in [0, 0.1) is 5.41 Å². The number of carbonyl (C=O) groups is 1. The molecule has 122 valence electrons. The number of hydrogen-bond donors (Lipinski definition) is 3. The largest absolute Gasteiger partial charge is 0.508 e. The summed E-state index contributed by atoms with van der Waals surface area (Å²) in [5.74, 6) is -0.206. The minimum atomic E-state index is -0.669. The van der Waals surface area contributed by atoms with Gasteiger partial charge in [-0.05, 0) is 12.5 Å². The number of aromatic hydroxyl groups is 2. The third kappa shape index (κ3) is 3.80. The molecule has 1 aliphatic rings. The fourth-order valence-corrected chi connectivity index (χ4v) is 2.29. The van der Waals surface area contributed by atoms with Crippen LogP contribution in [-0.2, 0) is 10.2 Å². The van der Waals surface area contributed by atoms with Gasteiger partial charge in [0.15, 0.2) is 0 Å². The molecule has 0 bridgehead atoms. The van der Waals surface area contributed by atoms with Crippen molar-refractivity contribution in [2.75, 3.05) is 0 Å². The molecule has 3 N–H and O–H groups in total. The Morgan fingerprint density at radius 3 is 2.61 bits per heavy atom. The maximum Gasteiger partial charge on any atom is 0.245 e. The highest BCUT2D eigenvalue weighted by atomic mass is 16.3. The standard InChI is InChI=1S/C18H22N2O3/c1-17(2,3)16(23)20-19-12-18(9-5-4-6-10-18)14-8-7-13(21)11-15(14)22/h4-9,11-12,21-22H,10H2,1-3H3,(H,20,23). The molecule has 0 aromatic heterocycles. The summed E-state index contributed by atoms with van der Waals surface area (Å²) < 4.78 is 0.